The molecule has 2 unspecified atom stereocenters. The number of rotatable bonds is 5. The lowest BCUT2D eigenvalue weighted by molar-refractivity contribution is -0.173. The third kappa shape index (κ3) is 5.23. The van der Waals surface area contributed by atoms with Crippen LogP contribution in [0.3, 0.4) is 0 Å². The van der Waals surface area contributed by atoms with Crippen LogP contribution in [0.5, 0.6) is 5.75 Å². The van der Waals surface area contributed by atoms with Crippen LogP contribution >= 0.6 is 0 Å². The van der Waals surface area contributed by atoms with Gasteiger partial charge in [-0.25, -0.2) is 4.79 Å². The van der Waals surface area contributed by atoms with Gasteiger partial charge in [-0.05, 0) is 37.0 Å². The maximum absolute atomic E-state index is 11.5. The molecule has 1 rings (SSSR count). The number of carbonyl (C=O) groups is 1. The van der Waals surface area contributed by atoms with E-state index in [4.69, 9.17) is 9.47 Å². The lowest BCUT2D eigenvalue weighted by Gasteiger charge is -2.23. The molecule has 0 bridgehead atoms. The molecular formula is C17H24O4. The van der Waals surface area contributed by atoms with Crippen molar-refractivity contribution in [1.82, 2.24) is 0 Å². The molecule has 0 heterocycles. The van der Waals surface area contributed by atoms with Crippen molar-refractivity contribution in [3.8, 4) is 5.75 Å². The van der Waals surface area contributed by atoms with Crippen molar-refractivity contribution in [3.05, 3.63) is 42.0 Å². The van der Waals surface area contributed by atoms with Gasteiger partial charge in [-0.1, -0.05) is 39.5 Å². The standard InChI is InChI=1S/C17H24O4/c1-11(2)15(19)21-16(12(3)18)20-14-9-7-13(8-10-14)17(4,5)6/h7-10,12,16,18H,1H2,2-6H3. The average molecular weight is 292 g/mol. The van der Waals surface area contributed by atoms with E-state index >= 15 is 0 Å². The topological polar surface area (TPSA) is 55.8 Å². The molecule has 0 saturated carbocycles. The first-order chi connectivity index (χ1) is 9.61. The minimum Gasteiger partial charge on any atom is -0.452 e. The van der Waals surface area contributed by atoms with Crippen molar-refractivity contribution in [2.24, 2.45) is 0 Å². The molecule has 0 aliphatic rings. The fourth-order valence-electron chi connectivity index (χ4n) is 1.59. The number of aliphatic hydroxyl groups is 1. The SMILES string of the molecule is C=C(C)C(=O)OC(Oc1ccc(C(C)(C)C)cc1)C(C)O. The van der Waals surface area contributed by atoms with Crippen LogP contribution in [-0.4, -0.2) is 23.5 Å². The highest BCUT2D eigenvalue weighted by atomic mass is 16.7. The van der Waals surface area contributed by atoms with Crippen molar-refractivity contribution >= 4 is 5.97 Å². The summed E-state index contributed by atoms with van der Waals surface area (Å²) in [7, 11) is 0. The lowest BCUT2D eigenvalue weighted by atomic mass is 9.87. The zero-order valence-electron chi connectivity index (χ0n) is 13.3. The summed E-state index contributed by atoms with van der Waals surface area (Å²) in [6.45, 7) is 12.9. The van der Waals surface area contributed by atoms with E-state index in [1.807, 2.05) is 12.1 Å². The van der Waals surface area contributed by atoms with Gasteiger partial charge in [0.1, 0.15) is 11.9 Å². The van der Waals surface area contributed by atoms with E-state index in [9.17, 15) is 9.90 Å². The van der Waals surface area contributed by atoms with E-state index in [2.05, 4.69) is 27.4 Å². The second-order valence-electron chi connectivity index (χ2n) is 6.19. The molecule has 0 spiro atoms. The first kappa shape index (κ1) is 17.2. The van der Waals surface area contributed by atoms with Gasteiger partial charge in [-0.15, -0.1) is 0 Å². The number of esters is 1. The van der Waals surface area contributed by atoms with Crippen LogP contribution in [0.25, 0.3) is 0 Å². The molecule has 2 atom stereocenters. The summed E-state index contributed by atoms with van der Waals surface area (Å²) in [5.41, 5.74) is 1.48. The van der Waals surface area contributed by atoms with Crippen LogP contribution in [-0.2, 0) is 14.9 Å². The van der Waals surface area contributed by atoms with Crippen molar-refractivity contribution < 1.29 is 19.4 Å². The van der Waals surface area contributed by atoms with Gasteiger partial charge in [0.2, 0.25) is 0 Å². The molecule has 0 radical (unpaired) electrons. The van der Waals surface area contributed by atoms with E-state index < -0.39 is 18.4 Å². The normalized spacial score (nSPS) is 14.2. The summed E-state index contributed by atoms with van der Waals surface area (Å²) in [5, 5.41) is 9.66. The first-order valence-corrected chi connectivity index (χ1v) is 6.93. The van der Waals surface area contributed by atoms with Crippen LogP contribution in [0.2, 0.25) is 0 Å². The number of hydrogen-bond donors (Lipinski definition) is 1. The van der Waals surface area contributed by atoms with Gasteiger partial charge in [-0.2, -0.15) is 0 Å². The Hall–Kier alpha value is -1.81. The lowest BCUT2D eigenvalue weighted by Crippen LogP contribution is -2.34. The highest BCUT2D eigenvalue weighted by molar-refractivity contribution is 5.87. The minimum absolute atomic E-state index is 0.0502. The van der Waals surface area contributed by atoms with Crippen molar-refractivity contribution in [2.75, 3.05) is 0 Å². The Morgan fingerprint density at radius 3 is 2.14 bits per heavy atom. The zero-order chi connectivity index (χ0) is 16.2. The molecule has 4 nitrogen and oxygen atoms in total. The summed E-state index contributed by atoms with van der Waals surface area (Å²) in [6.07, 6.45) is -2.01. The largest absolute Gasteiger partial charge is 0.452 e. The fraction of sp³-hybridized carbons (Fsp3) is 0.471. The Bertz CT molecular complexity index is 495. The number of aliphatic hydroxyl groups excluding tert-OH is 1. The van der Waals surface area contributed by atoms with Crippen molar-refractivity contribution in [3.63, 3.8) is 0 Å². The van der Waals surface area contributed by atoms with Crippen LogP contribution < -0.4 is 4.74 Å². The van der Waals surface area contributed by atoms with E-state index in [0.29, 0.717) is 5.75 Å². The predicted molar refractivity (Wildman–Crippen MR) is 82.1 cm³/mol. The Labute approximate surface area is 126 Å². The highest BCUT2D eigenvalue weighted by Gasteiger charge is 2.22. The van der Waals surface area contributed by atoms with Gasteiger partial charge >= 0.3 is 5.97 Å². The van der Waals surface area contributed by atoms with Crippen LogP contribution in [0.15, 0.2) is 36.4 Å². The molecule has 1 aromatic carbocycles. The number of benzene rings is 1. The highest BCUT2D eigenvalue weighted by Crippen LogP contribution is 2.25. The molecule has 0 fully saturated rings. The van der Waals surface area contributed by atoms with Crippen LogP contribution in [0.1, 0.15) is 40.2 Å². The fourth-order valence-corrected chi connectivity index (χ4v) is 1.59. The molecule has 0 aliphatic heterocycles. The third-order valence-electron chi connectivity index (χ3n) is 2.94. The van der Waals surface area contributed by atoms with Crippen LogP contribution in [0, 0.1) is 0 Å². The molecule has 0 saturated heterocycles. The van der Waals surface area contributed by atoms with E-state index in [1.165, 1.54) is 12.5 Å². The molecule has 1 N–H and O–H groups in total. The molecule has 4 heteroatoms. The molecule has 0 aromatic heterocycles. The molecular weight excluding hydrogens is 268 g/mol. The Morgan fingerprint density at radius 1 is 1.24 bits per heavy atom. The number of carbonyl (C=O) groups excluding carboxylic acids is 1. The summed E-state index contributed by atoms with van der Waals surface area (Å²) in [4.78, 5) is 11.5. The average Bonchev–Trinajstić information content (AvgIpc) is 2.37. The maximum atomic E-state index is 11.5. The quantitative estimate of drug-likeness (QED) is 0.514. The minimum atomic E-state index is -1.06. The molecule has 0 amide bonds. The summed E-state index contributed by atoms with van der Waals surface area (Å²) < 4.78 is 10.6. The van der Waals surface area contributed by atoms with E-state index in [1.54, 1.807) is 19.1 Å². The monoisotopic (exact) mass is 292 g/mol. The Balaban J connectivity index is 2.80. The van der Waals surface area contributed by atoms with E-state index in [0.717, 1.165) is 0 Å². The second kappa shape index (κ2) is 6.76. The van der Waals surface area contributed by atoms with Gasteiger partial charge in [0.05, 0.1) is 0 Å². The van der Waals surface area contributed by atoms with Gasteiger partial charge in [-0.3, -0.25) is 0 Å². The van der Waals surface area contributed by atoms with Gasteiger partial charge in [0.25, 0.3) is 6.29 Å². The molecule has 1 aromatic rings. The van der Waals surface area contributed by atoms with E-state index in [-0.39, 0.29) is 11.0 Å². The Kier molecular flexibility index (Phi) is 5.55. The first-order valence-electron chi connectivity index (χ1n) is 6.93. The molecule has 0 aliphatic carbocycles. The Morgan fingerprint density at radius 2 is 1.76 bits per heavy atom. The third-order valence-corrected chi connectivity index (χ3v) is 2.94. The van der Waals surface area contributed by atoms with Gasteiger partial charge in [0, 0.05) is 5.57 Å². The van der Waals surface area contributed by atoms with Crippen molar-refractivity contribution in [2.45, 2.75) is 52.4 Å². The smallest absolute Gasteiger partial charge is 0.336 e. The van der Waals surface area contributed by atoms with Gasteiger partial charge in [0.15, 0.2) is 0 Å². The molecule has 21 heavy (non-hydrogen) atoms. The maximum Gasteiger partial charge on any atom is 0.336 e. The van der Waals surface area contributed by atoms with Gasteiger partial charge < -0.3 is 14.6 Å². The second-order valence-corrected chi connectivity index (χ2v) is 6.19. The molecule has 116 valence electrons. The number of ether oxygens (including phenoxy) is 2. The predicted octanol–water partition coefficient (Wildman–Crippen LogP) is 3.19. The van der Waals surface area contributed by atoms with Crippen LogP contribution in [0.4, 0.5) is 0 Å². The van der Waals surface area contributed by atoms with Crippen molar-refractivity contribution in [1.29, 1.82) is 0 Å². The zero-order valence-corrected chi connectivity index (χ0v) is 13.3. The summed E-state index contributed by atoms with van der Waals surface area (Å²) in [6, 6.07) is 7.50. The summed E-state index contributed by atoms with van der Waals surface area (Å²) in [5.74, 6) is -0.0596. The number of hydrogen-bond acceptors (Lipinski definition) is 4. The summed E-state index contributed by atoms with van der Waals surface area (Å²) >= 11 is 0.